The van der Waals surface area contributed by atoms with E-state index in [1.165, 1.54) is 0 Å². The molecule has 1 radical (unpaired) electrons. The van der Waals surface area contributed by atoms with E-state index in [9.17, 15) is 5.11 Å². The largest absolute Gasteiger partial charge is 0.237 e. The fraction of sp³-hybridized carbons (Fsp3) is 0.750. The highest BCUT2D eigenvalue weighted by Crippen LogP contribution is 2.09. The Morgan fingerprint density at radius 1 is 1.67 bits per heavy atom. The van der Waals surface area contributed by atoms with Crippen molar-refractivity contribution in [3.63, 3.8) is 0 Å². The van der Waals surface area contributed by atoms with E-state index >= 15 is 0 Å². The monoisotopic (exact) mass is 127 g/mol. The van der Waals surface area contributed by atoms with Gasteiger partial charge in [-0.25, -0.2) is 5.11 Å². The summed E-state index contributed by atoms with van der Waals surface area (Å²) in [5.74, 6) is 0.649. The van der Waals surface area contributed by atoms with E-state index in [1.54, 1.807) is 0 Å². The zero-order valence-corrected chi connectivity index (χ0v) is 6.10. The van der Waals surface area contributed by atoms with Gasteiger partial charge in [0.1, 0.15) is 0 Å². The number of allylic oxidation sites excluding steroid dienone is 1. The van der Waals surface area contributed by atoms with Crippen LogP contribution >= 0.6 is 0 Å². The highest BCUT2D eigenvalue weighted by molar-refractivity contribution is 4.69. The van der Waals surface area contributed by atoms with E-state index in [-0.39, 0.29) is 6.61 Å². The minimum Gasteiger partial charge on any atom is -0.237 e. The molecule has 53 valence electrons. The van der Waals surface area contributed by atoms with Gasteiger partial charge < -0.3 is 0 Å². The van der Waals surface area contributed by atoms with Gasteiger partial charge in [-0.1, -0.05) is 13.0 Å². The summed E-state index contributed by atoms with van der Waals surface area (Å²) in [5, 5.41) is 10.0. The molecule has 1 heteroatoms. The molecule has 0 saturated carbocycles. The van der Waals surface area contributed by atoms with Crippen molar-refractivity contribution in [2.45, 2.75) is 26.2 Å². The molecule has 0 amide bonds. The molecule has 0 aliphatic rings. The van der Waals surface area contributed by atoms with E-state index in [2.05, 4.69) is 13.5 Å². The quantitative estimate of drug-likeness (QED) is 0.505. The second-order valence-electron chi connectivity index (χ2n) is 2.48. The lowest BCUT2D eigenvalue weighted by Gasteiger charge is -2.04. The van der Waals surface area contributed by atoms with Crippen molar-refractivity contribution < 1.29 is 5.11 Å². The zero-order chi connectivity index (χ0) is 7.11. The summed E-state index contributed by atoms with van der Waals surface area (Å²) in [6.07, 6.45) is 4.82. The Morgan fingerprint density at radius 2 is 2.33 bits per heavy atom. The standard InChI is InChI=1S/C8H15O/c1-3-5-8(2)6-4-7-9/h3,8H,1,4-7H2,2H3. The van der Waals surface area contributed by atoms with Gasteiger partial charge in [0.15, 0.2) is 0 Å². The minimum absolute atomic E-state index is 0.0709. The molecule has 0 fully saturated rings. The average molecular weight is 127 g/mol. The molecule has 0 bridgehead atoms. The Kier molecular flexibility index (Phi) is 5.64. The first kappa shape index (κ1) is 8.70. The summed E-state index contributed by atoms with van der Waals surface area (Å²) in [4.78, 5) is 0. The third-order valence-electron chi connectivity index (χ3n) is 1.41. The van der Waals surface area contributed by atoms with Crippen LogP contribution in [0.4, 0.5) is 0 Å². The normalized spacial score (nSPS) is 13.1. The van der Waals surface area contributed by atoms with Crippen molar-refractivity contribution in [1.82, 2.24) is 0 Å². The first-order valence-electron chi connectivity index (χ1n) is 3.50. The van der Waals surface area contributed by atoms with Gasteiger partial charge in [0.2, 0.25) is 0 Å². The van der Waals surface area contributed by atoms with E-state index in [0.717, 1.165) is 19.3 Å². The van der Waals surface area contributed by atoms with Crippen LogP contribution in [0.25, 0.3) is 0 Å². The number of hydrogen-bond donors (Lipinski definition) is 0. The molecule has 9 heavy (non-hydrogen) atoms. The lowest BCUT2D eigenvalue weighted by Crippen LogP contribution is -1.93. The van der Waals surface area contributed by atoms with Gasteiger partial charge in [-0.15, -0.1) is 6.58 Å². The lowest BCUT2D eigenvalue weighted by atomic mass is 10.0. The lowest BCUT2D eigenvalue weighted by molar-refractivity contribution is 0.181. The molecule has 0 aromatic rings. The molecule has 0 aromatic heterocycles. The highest BCUT2D eigenvalue weighted by Gasteiger charge is 1.96. The van der Waals surface area contributed by atoms with E-state index < -0.39 is 0 Å². The third kappa shape index (κ3) is 5.57. The van der Waals surface area contributed by atoms with Crippen molar-refractivity contribution >= 4 is 0 Å². The molecular weight excluding hydrogens is 112 g/mol. The predicted octanol–water partition coefficient (Wildman–Crippen LogP) is 2.41. The van der Waals surface area contributed by atoms with Crippen molar-refractivity contribution in [1.29, 1.82) is 0 Å². The molecular formula is C8H15O. The Bertz CT molecular complexity index is 69.0. The smallest absolute Gasteiger partial charge is 0.0822 e. The molecule has 0 aromatic carbocycles. The van der Waals surface area contributed by atoms with Gasteiger partial charge in [0, 0.05) is 0 Å². The molecule has 0 rings (SSSR count). The van der Waals surface area contributed by atoms with Gasteiger partial charge in [-0.2, -0.15) is 0 Å². The highest BCUT2D eigenvalue weighted by atomic mass is 16.2. The van der Waals surface area contributed by atoms with Crippen LogP contribution in [0.1, 0.15) is 26.2 Å². The fourth-order valence-corrected chi connectivity index (χ4v) is 0.834. The third-order valence-corrected chi connectivity index (χ3v) is 1.41. The molecule has 1 atom stereocenters. The summed E-state index contributed by atoms with van der Waals surface area (Å²) >= 11 is 0. The molecule has 0 heterocycles. The molecule has 0 aliphatic carbocycles. The van der Waals surface area contributed by atoms with Crippen LogP contribution in [0.3, 0.4) is 0 Å². The molecule has 0 aliphatic heterocycles. The first-order valence-corrected chi connectivity index (χ1v) is 3.50. The summed E-state index contributed by atoms with van der Waals surface area (Å²) < 4.78 is 0. The van der Waals surface area contributed by atoms with Crippen LogP contribution in [0.2, 0.25) is 0 Å². The second-order valence-corrected chi connectivity index (χ2v) is 2.48. The van der Waals surface area contributed by atoms with Gasteiger partial charge >= 0.3 is 0 Å². The maximum Gasteiger partial charge on any atom is 0.0822 e. The Hall–Kier alpha value is -0.300. The summed E-state index contributed by atoms with van der Waals surface area (Å²) in [6.45, 7) is 5.85. The second kappa shape index (κ2) is 5.83. The van der Waals surface area contributed by atoms with E-state index in [4.69, 9.17) is 0 Å². The van der Waals surface area contributed by atoms with Gasteiger partial charge in [-0.05, 0) is 25.2 Å². The van der Waals surface area contributed by atoms with Crippen LogP contribution in [-0.4, -0.2) is 6.61 Å². The van der Waals surface area contributed by atoms with E-state index in [1.807, 2.05) is 6.08 Å². The van der Waals surface area contributed by atoms with Crippen LogP contribution in [0.5, 0.6) is 0 Å². The molecule has 0 spiro atoms. The van der Waals surface area contributed by atoms with E-state index in [0.29, 0.717) is 5.92 Å². The van der Waals surface area contributed by atoms with Crippen molar-refractivity contribution in [2.24, 2.45) is 5.92 Å². The Balaban J connectivity index is 3.04. The first-order chi connectivity index (χ1) is 4.31. The molecule has 0 N–H and O–H groups in total. The van der Waals surface area contributed by atoms with Crippen molar-refractivity contribution in [3.05, 3.63) is 12.7 Å². The summed E-state index contributed by atoms with van der Waals surface area (Å²) in [7, 11) is 0. The Morgan fingerprint density at radius 3 is 2.78 bits per heavy atom. The summed E-state index contributed by atoms with van der Waals surface area (Å²) in [6, 6.07) is 0. The fourth-order valence-electron chi connectivity index (χ4n) is 0.834. The minimum atomic E-state index is 0.0709. The Labute approximate surface area is 57.4 Å². The topological polar surface area (TPSA) is 19.9 Å². The predicted molar refractivity (Wildman–Crippen MR) is 38.8 cm³/mol. The van der Waals surface area contributed by atoms with Gasteiger partial charge in [0.05, 0.1) is 6.61 Å². The maximum absolute atomic E-state index is 10.0. The number of hydrogen-bond acceptors (Lipinski definition) is 0. The molecule has 1 unspecified atom stereocenters. The zero-order valence-electron chi connectivity index (χ0n) is 6.10. The van der Waals surface area contributed by atoms with Gasteiger partial charge in [-0.3, -0.25) is 0 Å². The van der Waals surface area contributed by atoms with Crippen LogP contribution in [0.15, 0.2) is 12.7 Å². The summed E-state index contributed by atoms with van der Waals surface area (Å²) in [5.41, 5.74) is 0. The SMILES string of the molecule is C=CCC(C)CCC[O]. The average Bonchev–Trinajstić information content (AvgIpc) is 1.85. The van der Waals surface area contributed by atoms with Gasteiger partial charge in [0.25, 0.3) is 0 Å². The van der Waals surface area contributed by atoms with Crippen LogP contribution in [0, 0.1) is 5.92 Å². The van der Waals surface area contributed by atoms with Crippen molar-refractivity contribution in [2.75, 3.05) is 6.61 Å². The maximum atomic E-state index is 10.0. The molecule has 1 nitrogen and oxygen atoms in total. The number of rotatable bonds is 5. The molecule has 0 saturated heterocycles. The van der Waals surface area contributed by atoms with Crippen molar-refractivity contribution in [3.8, 4) is 0 Å². The van der Waals surface area contributed by atoms with Crippen LogP contribution < -0.4 is 0 Å². The van der Waals surface area contributed by atoms with Crippen LogP contribution in [-0.2, 0) is 5.11 Å².